The molecule has 5 heterocycles. The molecular formula is C32H27N5O5. The van der Waals surface area contributed by atoms with Crippen molar-refractivity contribution in [2.75, 3.05) is 7.11 Å². The number of ether oxygens (including phenoxy) is 1. The van der Waals surface area contributed by atoms with Gasteiger partial charge in [0.2, 0.25) is 0 Å². The number of carboxylic acids is 1. The van der Waals surface area contributed by atoms with E-state index in [1.807, 2.05) is 57.7 Å². The first kappa shape index (κ1) is 25.9. The summed E-state index contributed by atoms with van der Waals surface area (Å²) in [6, 6.07) is 18.3. The van der Waals surface area contributed by atoms with Gasteiger partial charge in [-0.2, -0.15) is 0 Å². The van der Waals surface area contributed by atoms with E-state index in [0.717, 1.165) is 27.8 Å². The summed E-state index contributed by atoms with van der Waals surface area (Å²) in [6.45, 7) is 0.710. The number of aliphatic hydroxyl groups is 2. The van der Waals surface area contributed by atoms with E-state index in [0.29, 0.717) is 46.9 Å². The van der Waals surface area contributed by atoms with Gasteiger partial charge in [-0.05, 0) is 59.5 Å². The number of rotatable bonds is 2. The van der Waals surface area contributed by atoms with Crippen LogP contribution in [0.5, 0.6) is 5.75 Å². The quantitative estimate of drug-likeness (QED) is 0.278. The number of aromatic nitrogens is 5. The number of pyridine rings is 2. The van der Waals surface area contributed by atoms with Gasteiger partial charge in [-0.1, -0.05) is 24.3 Å². The Morgan fingerprint density at radius 3 is 2.71 bits per heavy atom. The fourth-order valence-corrected chi connectivity index (χ4v) is 5.91. The summed E-state index contributed by atoms with van der Waals surface area (Å²) in [5.74, 6) is -0.105. The van der Waals surface area contributed by atoms with Crippen LogP contribution < -0.4 is 4.74 Å². The normalized spacial score (nSPS) is 16.8. The molecule has 0 spiro atoms. The van der Waals surface area contributed by atoms with E-state index in [1.165, 1.54) is 13.2 Å². The molecule has 0 fully saturated rings. The van der Waals surface area contributed by atoms with Crippen molar-refractivity contribution in [2.45, 2.75) is 31.7 Å². The molecule has 0 saturated heterocycles. The number of methoxy groups -OCH3 is 1. The first-order chi connectivity index (χ1) is 20.4. The Kier molecular flexibility index (Phi) is 6.22. The number of aliphatic hydroxyl groups excluding tert-OH is 2. The van der Waals surface area contributed by atoms with Crippen LogP contribution in [0.2, 0.25) is 0 Å². The van der Waals surface area contributed by atoms with Crippen LogP contribution in [0.4, 0.5) is 0 Å². The second-order valence-corrected chi connectivity index (χ2v) is 10.4. The number of imidazole rings is 1. The molecule has 210 valence electrons. The second kappa shape index (κ2) is 10.1. The van der Waals surface area contributed by atoms with Crippen LogP contribution in [-0.2, 0) is 13.1 Å². The molecule has 4 aromatic heterocycles. The number of hydrogen-bond acceptors (Lipinski definition) is 7. The van der Waals surface area contributed by atoms with E-state index in [4.69, 9.17) is 9.72 Å². The largest absolute Gasteiger partial charge is 0.494 e. The monoisotopic (exact) mass is 561 g/mol. The Balaban J connectivity index is 1.55. The third-order valence-corrected chi connectivity index (χ3v) is 7.90. The van der Waals surface area contributed by atoms with Crippen LogP contribution in [0.15, 0.2) is 79.3 Å². The van der Waals surface area contributed by atoms with Gasteiger partial charge in [0, 0.05) is 36.1 Å². The van der Waals surface area contributed by atoms with Crippen LogP contribution in [-0.4, -0.2) is 58.6 Å². The minimum absolute atomic E-state index is 0.0704. The van der Waals surface area contributed by atoms with Crippen molar-refractivity contribution in [2.24, 2.45) is 0 Å². The molecule has 10 nitrogen and oxygen atoms in total. The van der Waals surface area contributed by atoms with Gasteiger partial charge in [0.25, 0.3) is 0 Å². The summed E-state index contributed by atoms with van der Waals surface area (Å²) in [4.78, 5) is 26.0. The molecule has 2 bridgehead atoms. The Morgan fingerprint density at radius 1 is 1.02 bits per heavy atom. The Bertz CT molecular complexity index is 1990. The lowest BCUT2D eigenvalue weighted by Crippen LogP contribution is -2.21. The Hall–Kier alpha value is -5.06. The highest BCUT2D eigenvalue weighted by atomic mass is 16.5. The topological polar surface area (TPSA) is 136 Å². The molecule has 2 unspecified atom stereocenters. The van der Waals surface area contributed by atoms with E-state index in [2.05, 4.69) is 9.97 Å². The minimum Gasteiger partial charge on any atom is -0.494 e. The Morgan fingerprint density at radius 2 is 1.88 bits per heavy atom. The summed E-state index contributed by atoms with van der Waals surface area (Å²) in [5, 5.41) is 33.2. The third kappa shape index (κ3) is 4.20. The van der Waals surface area contributed by atoms with Gasteiger partial charge in [0.05, 0.1) is 36.5 Å². The fourth-order valence-electron chi connectivity index (χ4n) is 5.91. The van der Waals surface area contributed by atoms with E-state index < -0.39 is 18.2 Å². The number of benzene rings is 2. The van der Waals surface area contributed by atoms with Gasteiger partial charge in [-0.15, -0.1) is 0 Å². The number of aromatic carboxylic acids is 1. The van der Waals surface area contributed by atoms with Gasteiger partial charge >= 0.3 is 5.97 Å². The van der Waals surface area contributed by atoms with Crippen molar-refractivity contribution in [1.29, 1.82) is 0 Å². The van der Waals surface area contributed by atoms with Gasteiger partial charge in [0.15, 0.2) is 5.82 Å². The summed E-state index contributed by atoms with van der Waals surface area (Å²) in [6.07, 6.45) is 3.29. The lowest BCUT2D eigenvalue weighted by molar-refractivity contribution is 0.0115. The molecule has 2 atom stereocenters. The van der Waals surface area contributed by atoms with Crippen LogP contribution >= 0.6 is 0 Å². The predicted molar refractivity (Wildman–Crippen MR) is 156 cm³/mol. The summed E-state index contributed by atoms with van der Waals surface area (Å²) >= 11 is 0. The SMILES string of the molecule is COc1cc(C(=O)O)cc2nc3n(c12)Cc1cncc(c1)-c1ccccc1C(O)C(O)CCn1c-3cc2cccnc21. The smallest absolute Gasteiger partial charge is 0.335 e. The average Bonchev–Trinajstić information content (AvgIpc) is 3.56. The van der Waals surface area contributed by atoms with Crippen molar-refractivity contribution in [3.63, 3.8) is 0 Å². The molecule has 42 heavy (non-hydrogen) atoms. The molecule has 7 rings (SSSR count). The lowest BCUT2D eigenvalue weighted by Gasteiger charge is -2.23. The van der Waals surface area contributed by atoms with Crippen molar-refractivity contribution in [3.05, 3.63) is 95.9 Å². The molecule has 0 amide bonds. The number of nitrogens with zero attached hydrogens (tertiary/aromatic N) is 5. The highest BCUT2D eigenvalue weighted by Gasteiger charge is 2.26. The van der Waals surface area contributed by atoms with Crippen LogP contribution in [0.1, 0.15) is 34.0 Å². The standard InChI is InChI=1S/C32H27N5O5/c1-42-27-14-20(32(40)41)12-24-28(27)37-17-18-11-21(16-33-15-18)22-6-2-3-7-23(22)29(39)26(38)8-10-36-25(31(37)35-24)13-19-5-4-9-34-30(19)36/h2-7,9,11-16,26,29,38-39H,8,10,17H2,1H3,(H,40,41). The molecular weight excluding hydrogens is 534 g/mol. The van der Waals surface area contributed by atoms with E-state index in [1.54, 1.807) is 24.7 Å². The van der Waals surface area contributed by atoms with Crippen LogP contribution in [0.25, 0.3) is 44.7 Å². The summed E-state index contributed by atoms with van der Waals surface area (Å²) in [5.41, 5.74) is 5.70. The lowest BCUT2D eigenvalue weighted by atomic mass is 9.93. The summed E-state index contributed by atoms with van der Waals surface area (Å²) < 4.78 is 9.70. The molecule has 0 aliphatic carbocycles. The van der Waals surface area contributed by atoms with Crippen LogP contribution in [0.3, 0.4) is 0 Å². The van der Waals surface area contributed by atoms with Gasteiger partial charge in [-0.3, -0.25) is 4.98 Å². The number of fused-ring (bicyclic) bond motifs is 11. The number of hydrogen-bond donors (Lipinski definition) is 3. The van der Waals surface area contributed by atoms with Crippen molar-refractivity contribution in [1.82, 2.24) is 24.1 Å². The van der Waals surface area contributed by atoms with Gasteiger partial charge in [0.1, 0.15) is 23.0 Å². The predicted octanol–water partition coefficient (Wildman–Crippen LogP) is 4.67. The summed E-state index contributed by atoms with van der Waals surface area (Å²) in [7, 11) is 1.51. The number of carbonyl (C=O) groups is 1. The zero-order chi connectivity index (χ0) is 29.0. The van der Waals surface area contributed by atoms with E-state index >= 15 is 0 Å². The first-order valence-corrected chi connectivity index (χ1v) is 13.6. The molecule has 0 radical (unpaired) electrons. The maximum atomic E-state index is 11.9. The highest BCUT2D eigenvalue weighted by molar-refractivity contribution is 5.96. The molecule has 1 aliphatic heterocycles. The highest BCUT2D eigenvalue weighted by Crippen LogP contribution is 2.37. The fraction of sp³-hybridized carbons (Fsp3) is 0.188. The number of aryl methyl sites for hydroxylation is 1. The third-order valence-electron chi connectivity index (χ3n) is 7.90. The molecule has 2 aromatic carbocycles. The zero-order valence-electron chi connectivity index (χ0n) is 22.7. The molecule has 6 aromatic rings. The molecule has 3 N–H and O–H groups in total. The van der Waals surface area contributed by atoms with Gasteiger partial charge in [-0.25, -0.2) is 14.8 Å². The van der Waals surface area contributed by atoms with E-state index in [9.17, 15) is 20.1 Å². The maximum absolute atomic E-state index is 11.9. The molecule has 0 saturated carbocycles. The molecule has 10 heteroatoms. The van der Waals surface area contributed by atoms with Gasteiger partial charge < -0.3 is 29.2 Å². The first-order valence-electron chi connectivity index (χ1n) is 13.6. The molecule has 1 aliphatic rings. The van der Waals surface area contributed by atoms with E-state index in [-0.39, 0.29) is 12.0 Å². The van der Waals surface area contributed by atoms with Crippen molar-refractivity contribution < 1.29 is 24.9 Å². The zero-order valence-corrected chi connectivity index (χ0v) is 22.7. The average molecular weight is 562 g/mol. The number of carboxylic acid groups (broad SMARTS) is 1. The van der Waals surface area contributed by atoms with Crippen molar-refractivity contribution in [3.8, 4) is 28.4 Å². The second-order valence-electron chi connectivity index (χ2n) is 10.4. The van der Waals surface area contributed by atoms with Crippen LogP contribution in [0, 0.1) is 0 Å². The minimum atomic E-state index is -1.12. The maximum Gasteiger partial charge on any atom is 0.335 e. The Labute approximate surface area is 240 Å². The van der Waals surface area contributed by atoms with Crippen molar-refractivity contribution >= 4 is 28.0 Å².